The quantitative estimate of drug-likeness (QED) is 0.684. The van der Waals surface area contributed by atoms with Crippen LogP contribution in [0.5, 0.6) is 0 Å². The first-order valence-corrected chi connectivity index (χ1v) is 8.19. The molecule has 1 amide bonds. The van der Waals surface area contributed by atoms with E-state index in [1.807, 2.05) is 13.8 Å². The molecule has 2 heterocycles. The van der Waals surface area contributed by atoms with Gasteiger partial charge in [0, 0.05) is 31.2 Å². The Morgan fingerprint density at radius 2 is 2.17 bits per heavy atom. The third-order valence-corrected chi connectivity index (χ3v) is 4.23. The van der Waals surface area contributed by atoms with E-state index in [-0.39, 0.29) is 42.3 Å². The van der Waals surface area contributed by atoms with Crippen LogP contribution in [-0.4, -0.2) is 52.2 Å². The minimum Gasteiger partial charge on any atom is -0.346 e. The van der Waals surface area contributed by atoms with Crippen molar-refractivity contribution in [3.8, 4) is 0 Å². The fourth-order valence-corrected chi connectivity index (χ4v) is 3.34. The van der Waals surface area contributed by atoms with Crippen molar-refractivity contribution in [3.63, 3.8) is 0 Å². The number of aromatic nitrogens is 2. The third-order valence-electron chi connectivity index (χ3n) is 3.94. The van der Waals surface area contributed by atoms with E-state index in [1.54, 1.807) is 0 Å². The predicted octanol–water partition coefficient (Wildman–Crippen LogP) is 2.47. The maximum absolute atomic E-state index is 12.3. The van der Waals surface area contributed by atoms with Crippen LogP contribution in [0.25, 0.3) is 0 Å². The van der Waals surface area contributed by atoms with Crippen LogP contribution in [0.2, 0.25) is 5.02 Å². The van der Waals surface area contributed by atoms with Crippen LogP contribution < -0.4 is 11.1 Å². The highest BCUT2D eigenvalue weighted by atomic mass is 35.5. The number of carbonyl (C=O) groups excluding carboxylic acids is 1. The molecular formula is C15H28Cl3N5O. The number of halogens is 3. The van der Waals surface area contributed by atoms with E-state index in [2.05, 4.69) is 27.3 Å². The monoisotopic (exact) mass is 399 g/mol. The van der Waals surface area contributed by atoms with Crippen molar-refractivity contribution in [1.82, 2.24) is 20.4 Å². The lowest BCUT2D eigenvalue weighted by molar-refractivity contribution is 0.0924. The van der Waals surface area contributed by atoms with Gasteiger partial charge in [-0.15, -0.1) is 24.8 Å². The molecule has 2 rings (SSSR count). The molecule has 1 fully saturated rings. The Balaban J connectivity index is 0.00000264. The largest absolute Gasteiger partial charge is 0.346 e. The van der Waals surface area contributed by atoms with E-state index in [4.69, 9.17) is 17.3 Å². The molecule has 1 saturated heterocycles. The Labute approximate surface area is 161 Å². The number of nitrogens with one attached hydrogen (secondary N) is 2. The maximum atomic E-state index is 12.3. The molecule has 6 nitrogen and oxygen atoms in total. The molecule has 1 aliphatic heterocycles. The molecule has 0 saturated carbocycles. The normalized spacial score (nSPS) is 21.0. The molecule has 0 aromatic carbocycles. The number of H-pyrrole nitrogens is 1. The first-order valence-electron chi connectivity index (χ1n) is 7.81. The molecule has 0 aliphatic carbocycles. The van der Waals surface area contributed by atoms with Gasteiger partial charge in [-0.05, 0) is 26.2 Å². The zero-order valence-electron chi connectivity index (χ0n) is 14.3. The first-order chi connectivity index (χ1) is 10.3. The Hall–Kier alpha value is -0.530. The maximum Gasteiger partial charge on any atom is 0.271 e. The zero-order chi connectivity index (χ0) is 16.3. The highest BCUT2D eigenvalue weighted by Gasteiger charge is 2.35. The number of nitrogens with zero attached hydrogens (tertiary/aromatic N) is 2. The average molecular weight is 401 g/mol. The van der Waals surface area contributed by atoms with Gasteiger partial charge in [0.2, 0.25) is 0 Å². The summed E-state index contributed by atoms with van der Waals surface area (Å²) in [6.45, 7) is 8.83. The lowest BCUT2D eigenvalue weighted by Crippen LogP contribution is -2.46. The summed E-state index contributed by atoms with van der Waals surface area (Å²) in [7, 11) is 0. The summed E-state index contributed by atoms with van der Waals surface area (Å²) >= 11 is 5.95. The molecule has 2 atom stereocenters. The lowest BCUT2D eigenvalue weighted by Gasteiger charge is -2.26. The van der Waals surface area contributed by atoms with Gasteiger partial charge in [0.15, 0.2) is 0 Å². The van der Waals surface area contributed by atoms with Crippen LogP contribution in [0.4, 0.5) is 0 Å². The van der Waals surface area contributed by atoms with E-state index in [0.29, 0.717) is 16.6 Å². The van der Waals surface area contributed by atoms with Crippen LogP contribution in [0, 0.1) is 5.92 Å². The molecule has 0 radical (unpaired) electrons. The van der Waals surface area contributed by atoms with Gasteiger partial charge >= 0.3 is 0 Å². The Morgan fingerprint density at radius 3 is 2.67 bits per heavy atom. The van der Waals surface area contributed by atoms with Gasteiger partial charge in [0.05, 0.1) is 11.2 Å². The van der Waals surface area contributed by atoms with E-state index in [0.717, 1.165) is 32.5 Å². The minimum atomic E-state index is -0.234. The Bertz CT molecular complexity index is 517. The molecule has 1 aliphatic rings. The van der Waals surface area contributed by atoms with Crippen LogP contribution in [0.3, 0.4) is 0 Å². The van der Waals surface area contributed by atoms with Crippen LogP contribution in [-0.2, 0) is 0 Å². The lowest BCUT2D eigenvalue weighted by atomic mass is 9.98. The number of hydrogen-bond acceptors (Lipinski definition) is 4. The number of nitrogens with two attached hydrogens (primary N) is 1. The molecule has 0 unspecified atom stereocenters. The summed E-state index contributed by atoms with van der Waals surface area (Å²) in [5, 5.41) is 9.88. The molecule has 9 heteroatoms. The number of carbonyl (C=O) groups is 1. The summed E-state index contributed by atoms with van der Waals surface area (Å²) in [4.78, 5) is 14.6. The fraction of sp³-hybridized carbons (Fsp3) is 0.733. The Morgan fingerprint density at radius 1 is 1.50 bits per heavy atom. The zero-order valence-corrected chi connectivity index (χ0v) is 16.7. The summed E-state index contributed by atoms with van der Waals surface area (Å²) in [6.07, 6.45) is 3.63. The van der Waals surface area contributed by atoms with Gasteiger partial charge in [0.1, 0.15) is 5.69 Å². The third kappa shape index (κ3) is 6.41. The number of hydrogen-bond donors (Lipinski definition) is 3. The second kappa shape index (κ2) is 9.82. The SMILES string of the molecule is CCC[C@H]1CN(CC(C)(C)N)C[C@@H]1NC(=O)c1[nH]ncc1Cl.Cl.Cl. The van der Waals surface area contributed by atoms with Gasteiger partial charge in [0.25, 0.3) is 5.91 Å². The van der Waals surface area contributed by atoms with E-state index in [1.165, 1.54) is 6.20 Å². The molecule has 4 N–H and O–H groups in total. The summed E-state index contributed by atoms with van der Waals surface area (Å²) in [5.41, 5.74) is 6.21. The summed E-state index contributed by atoms with van der Waals surface area (Å²) < 4.78 is 0. The fourth-order valence-electron chi connectivity index (χ4n) is 3.16. The number of aromatic amines is 1. The first kappa shape index (κ1) is 23.5. The van der Waals surface area contributed by atoms with Crippen molar-refractivity contribution in [3.05, 3.63) is 16.9 Å². The molecule has 1 aromatic rings. The number of amides is 1. The van der Waals surface area contributed by atoms with Crippen molar-refractivity contribution in [2.45, 2.75) is 45.2 Å². The van der Waals surface area contributed by atoms with Crippen molar-refractivity contribution in [1.29, 1.82) is 0 Å². The van der Waals surface area contributed by atoms with Crippen LogP contribution in [0.15, 0.2) is 6.20 Å². The van der Waals surface area contributed by atoms with Crippen LogP contribution >= 0.6 is 36.4 Å². The molecule has 24 heavy (non-hydrogen) atoms. The van der Waals surface area contributed by atoms with Gasteiger partial charge in [-0.2, -0.15) is 5.10 Å². The molecule has 1 aromatic heterocycles. The highest BCUT2D eigenvalue weighted by Crippen LogP contribution is 2.23. The van der Waals surface area contributed by atoms with Crippen LogP contribution in [0.1, 0.15) is 44.1 Å². The average Bonchev–Trinajstić information content (AvgIpc) is 2.95. The molecule has 0 bridgehead atoms. The van der Waals surface area contributed by atoms with Crippen molar-refractivity contribution < 1.29 is 4.79 Å². The van der Waals surface area contributed by atoms with E-state index in [9.17, 15) is 4.79 Å². The van der Waals surface area contributed by atoms with E-state index >= 15 is 0 Å². The predicted molar refractivity (Wildman–Crippen MR) is 102 cm³/mol. The van der Waals surface area contributed by atoms with Gasteiger partial charge < -0.3 is 11.1 Å². The highest BCUT2D eigenvalue weighted by molar-refractivity contribution is 6.33. The van der Waals surface area contributed by atoms with Crippen molar-refractivity contribution in [2.24, 2.45) is 11.7 Å². The minimum absolute atomic E-state index is 0. The summed E-state index contributed by atoms with van der Waals surface area (Å²) in [6, 6.07) is 0.120. The molecule has 140 valence electrons. The topological polar surface area (TPSA) is 87.0 Å². The van der Waals surface area contributed by atoms with Crippen molar-refractivity contribution >= 4 is 42.3 Å². The second-order valence-corrected chi connectivity index (χ2v) is 7.31. The molecule has 0 spiro atoms. The smallest absolute Gasteiger partial charge is 0.271 e. The number of rotatable bonds is 6. The Kier molecular flexibility index (Phi) is 9.61. The van der Waals surface area contributed by atoms with Gasteiger partial charge in [-0.3, -0.25) is 14.8 Å². The second-order valence-electron chi connectivity index (χ2n) is 6.90. The molecular weight excluding hydrogens is 373 g/mol. The standard InChI is InChI=1S/C15H26ClN5O.2ClH/c1-4-5-10-7-21(9-15(2,3)17)8-12(10)19-14(22)13-11(16)6-18-20-13;;/h6,10,12H,4-5,7-9,17H2,1-3H3,(H,18,20)(H,19,22);2*1H/t10-,12-;;/m0../s1. The van der Waals surface area contributed by atoms with E-state index < -0.39 is 0 Å². The van der Waals surface area contributed by atoms with Gasteiger partial charge in [-0.1, -0.05) is 24.9 Å². The van der Waals surface area contributed by atoms with Gasteiger partial charge in [-0.25, -0.2) is 0 Å². The van der Waals surface area contributed by atoms with Crippen molar-refractivity contribution in [2.75, 3.05) is 19.6 Å². The summed E-state index contributed by atoms with van der Waals surface area (Å²) in [5.74, 6) is 0.250. The number of likely N-dealkylation sites (tertiary alicyclic amines) is 1.